The van der Waals surface area contributed by atoms with Gasteiger partial charge in [0, 0.05) is 22.8 Å². The zero-order valence-electron chi connectivity index (χ0n) is 12.2. The van der Waals surface area contributed by atoms with E-state index in [-0.39, 0.29) is 17.9 Å². The number of hydrogen-bond acceptors (Lipinski definition) is 2. The number of rotatable bonds is 5. The molecular weight excluding hydrogens is 366 g/mol. The maximum Gasteiger partial charge on any atom is 0.417 e. The number of nitrogens with one attached hydrogen (secondary N) is 1. The predicted octanol–water partition coefficient (Wildman–Crippen LogP) is 5.62. The number of benzene rings is 2. The number of anilines is 1. The standard InChI is InChI=1S/C16H12ClF4NOS/c17-14-6-3-11(9-13(14)16(19,20)21)22-15(23)7-8-24-12-4-1-10(18)2-5-12/h1-6,9H,7-8H2,(H,22,23). The average Bonchev–Trinajstić information content (AvgIpc) is 2.50. The molecular formula is C16H12ClF4NOS. The Hall–Kier alpha value is -1.73. The van der Waals surface area contributed by atoms with Gasteiger partial charge in [-0.3, -0.25) is 4.79 Å². The predicted molar refractivity (Wildman–Crippen MR) is 86.8 cm³/mol. The number of hydrogen-bond donors (Lipinski definition) is 1. The normalized spacial score (nSPS) is 11.4. The lowest BCUT2D eigenvalue weighted by Crippen LogP contribution is -2.13. The lowest BCUT2D eigenvalue weighted by molar-refractivity contribution is -0.137. The molecule has 0 aromatic heterocycles. The molecule has 0 aliphatic rings. The third kappa shape index (κ3) is 5.42. The molecule has 8 heteroatoms. The molecule has 0 bridgehead atoms. The molecule has 0 spiro atoms. The molecule has 2 aromatic carbocycles. The highest BCUT2D eigenvalue weighted by Crippen LogP contribution is 2.36. The van der Waals surface area contributed by atoms with Crippen molar-refractivity contribution in [2.75, 3.05) is 11.1 Å². The molecule has 0 saturated carbocycles. The minimum Gasteiger partial charge on any atom is -0.326 e. The summed E-state index contributed by atoms with van der Waals surface area (Å²) in [5.41, 5.74) is -0.967. The van der Waals surface area contributed by atoms with Gasteiger partial charge in [-0.1, -0.05) is 11.6 Å². The zero-order valence-corrected chi connectivity index (χ0v) is 13.7. The minimum atomic E-state index is -4.59. The Bertz CT molecular complexity index is 719. The first-order valence-corrected chi connectivity index (χ1v) is 8.17. The third-order valence-corrected chi connectivity index (χ3v) is 4.31. The summed E-state index contributed by atoms with van der Waals surface area (Å²) < 4.78 is 51.0. The molecule has 0 saturated heterocycles. The number of halogens is 5. The first-order chi connectivity index (χ1) is 11.3. The van der Waals surface area contributed by atoms with Crippen molar-refractivity contribution in [3.05, 3.63) is 58.9 Å². The van der Waals surface area contributed by atoms with Gasteiger partial charge in [-0.15, -0.1) is 11.8 Å². The summed E-state index contributed by atoms with van der Waals surface area (Å²) in [7, 11) is 0. The molecule has 0 aliphatic carbocycles. The van der Waals surface area contributed by atoms with Crippen LogP contribution in [0, 0.1) is 5.82 Å². The van der Waals surface area contributed by atoms with E-state index in [9.17, 15) is 22.4 Å². The number of alkyl halides is 3. The number of carbonyl (C=O) groups is 1. The van der Waals surface area contributed by atoms with Crippen molar-refractivity contribution in [3.63, 3.8) is 0 Å². The van der Waals surface area contributed by atoms with Crippen molar-refractivity contribution in [2.45, 2.75) is 17.5 Å². The molecule has 24 heavy (non-hydrogen) atoms. The van der Waals surface area contributed by atoms with Crippen LogP contribution in [0.1, 0.15) is 12.0 Å². The Morgan fingerprint density at radius 1 is 1.12 bits per heavy atom. The molecule has 128 valence electrons. The van der Waals surface area contributed by atoms with E-state index < -0.39 is 22.7 Å². The largest absolute Gasteiger partial charge is 0.417 e. The smallest absolute Gasteiger partial charge is 0.326 e. The molecule has 0 heterocycles. The quantitative estimate of drug-likeness (QED) is 0.541. The first-order valence-electron chi connectivity index (χ1n) is 6.80. The van der Waals surface area contributed by atoms with Gasteiger partial charge in [0.25, 0.3) is 0 Å². The fraction of sp³-hybridized carbons (Fsp3) is 0.188. The molecule has 0 atom stereocenters. The molecule has 0 unspecified atom stereocenters. The van der Waals surface area contributed by atoms with Crippen LogP contribution in [0.2, 0.25) is 5.02 Å². The van der Waals surface area contributed by atoms with Gasteiger partial charge in [-0.05, 0) is 42.5 Å². The second-order valence-corrected chi connectivity index (χ2v) is 6.37. The summed E-state index contributed by atoms with van der Waals surface area (Å²) in [4.78, 5) is 12.6. The van der Waals surface area contributed by atoms with Crippen molar-refractivity contribution in [1.29, 1.82) is 0 Å². The van der Waals surface area contributed by atoms with E-state index in [0.29, 0.717) is 5.75 Å². The van der Waals surface area contributed by atoms with Gasteiger partial charge in [0.15, 0.2) is 0 Å². The van der Waals surface area contributed by atoms with Gasteiger partial charge in [0.2, 0.25) is 5.91 Å². The highest BCUT2D eigenvalue weighted by Gasteiger charge is 2.33. The van der Waals surface area contributed by atoms with Crippen LogP contribution in [-0.2, 0) is 11.0 Å². The third-order valence-electron chi connectivity index (χ3n) is 2.97. The Labute approximate surface area is 145 Å². The topological polar surface area (TPSA) is 29.1 Å². The van der Waals surface area contributed by atoms with Crippen molar-refractivity contribution in [2.24, 2.45) is 0 Å². The van der Waals surface area contributed by atoms with E-state index in [1.807, 2.05) is 0 Å². The number of thioether (sulfide) groups is 1. The van der Waals surface area contributed by atoms with Gasteiger partial charge in [-0.2, -0.15) is 13.2 Å². The summed E-state index contributed by atoms with van der Waals surface area (Å²) in [5.74, 6) is -0.350. The number of carbonyl (C=O) groups excluding carboxylic acids is 1. The van der Waals surface area contributed by atoms with Crippen LogP contribution >= 0.6 is 23.4 Å². The molecule has 0 aliphatic heterocycles. The second kappa shape index (κ2) is 7.90. The summed E-state index contributed by atoms with van der Waals surface area (Å²) >= 11 is 6.87. The Balaban J connectivity index is 1.89. The lowest BCUT2D eigenvalue weighted by atomic mass is 10.2. The maximum atomic E-state index is 12.8. The van der Waals surface area contributed by atoms with Crippen LogP contribution in [0.3, 0.4) is 0 Å². The monoisotopic (exact) mass is 377 g/mol. The van der Waals surface area contributed by atoms with Crippen LogP contribution in [0.4, 0.5) is 23.2 Å². The van der Waals surface area contributed by atoms with Crippen LogP contribution in [0.15, 0.2) is 47.4 Å². The van der Waals surface area contributed by atoms with Gasteiger partial charge in [0.1, 0.15) is 5.82 Å². The molecule has 0 fully saturated rings. The Kier molecular flexibility index (Phi) is 6.12. The molecule has 0 radical (unpaired) electrons. The van der Waals surface area contributed by atoms with Crippen molar-refractivity contribution >= 4 is 35.0 Å². The van der Waals surface area contributed by atoms with E-state index in [4.69, 9.17) is 11.6 Å². The summed E-state index contributed by atoms with van der Waals surface area (Å²) in [6.07, 6.45) is -4.48. The summed E-state index contributed by atoms with van der Waals surface area (Å²) in [6.45, 7) is 0. The highest BCUT2D eigenvalue weighted by atomic mass is 35.5. The van der Waals surface area contributed by atoms with Gasteiger partial charge in [0.05, 0.1) is 10.6 Å². The van der Waals surface area contributed by atoms with E-state index in [0.717, 1.165) is 17.0 Å². The molecule has 2 nitrogen and oxygen atoms in total. The van der Waals surface area contributed by atoms with Crippen molar-refractivity contribution < 1.29 is 22.4 Å². The van der Waals surface area contributed by atoms with Crippen LogP contribution in [0.25, 0.3) is 0 Å². The van der Waals surface area contributed by atoms with E-state index in [2.05, 4.69) is 5.32 Å². The van der Waals surface area contributed by atoms with Gasteiger partial charge >= 0.3 is 6.18 Å². The van der Waals surface area contributed by atoms with Gasteiger partial charge < -0.3 is 5.32 Å². The number of amides is 1. The zero-order chi connectivity index (χ0) is 17.7. The van der Waals surface area contributed by atoms with Crippen LogP contribution < -0.4 is 5.32 Å². The fourth-order valence-corrected chi connectivity index (χ4v) is 2.91. The van der Waals surface area contributed by atoms with E-state index in [1.54, 1.807) is 12.1 Å². The molecule has 1 N–H and O–H groups in total. The van der Waals surface area contributed by atoms with Crippen LogP contribution in [0.5, 0.6) is 0 Å². The van der Waals surface area contributed by atoms with Gasteiger partial charge in [-0.25, -0.2) is 4.39 Å². The second-order valence-electron chi connectivity index (χ2n) is 4.79. The van der Waals surface area contributed by atoms with Crippen molar-refractivity contribution in [1.82, 2.24) is 0 Å². The fourth-order valence-electron chi connectivity index (χ4n) is 1.84. The molecule has 1 amide bonds. The average molecular weight is 378 g/mol. The molecule has 2 aromatic rings. The van der Waals surface area contributed by atoms with E-state index >= 15 is 0 Å². The maximum absolute atomic E-state index is 12.8. The SMILES string of the molecule is O=C(CCSc1ccc(F)cc1)Nc1ccc(Cl)c(C(F)(F)F)c1. The minimum absolute atomic E-state index is 0.0310. The summed E-state index contributed by atoms with van der Waals surface area (Å²) in [6, 6.07) is 9.01. The summed E-state index contributed by atoms with van der Waals surface area (Å²) in [5, 5.41) is 1.98. The first kappa shape index (κ1) is 18.6. The van der Waals surface area contributed by atoms with Crippen molar-refractivity contribution in [3.8, 4) is 0 Å². The van der Waals surface area contributed by atoms with E-state index in [1.165, 1.54) is 30.0 Å². The highest BCUT2D eigenvalue weighted by molar-refractivity contribution is 7.99. The molecule has 2 rings (SSSR count). The van der Waals surface area contributed by atoms with Crippen LogP contribution in [-0.4, -0.2) is 11.7 Å². The Morgan fingerprint density at radius 3 is 2.42 bits per heavy atom. The lowest BCUT2D eigenvalue weighted by Gasteiger charge is -2.11. The Morgan fingerprint density at radius 2 is 1.79 bits per heavy atom.